The highest BCUT2D eigenvalue weighted by Crippen LogP contribution is 2.36. The molecule has 0 bridgehead atoms. The van der Waals surface area contributed by atoms with Crippen LogP contribution in [-0.4, -0.2) is 53.4 Å². The van der Waals surface area contributed by atoms with Crippen LogP contribution in [0.25, 0.3) is 0 Å². The molecule has 4 unspecified atom stereocenters. The van der Waals surface area contributed by atoms with Crippen molar-refractivity contribution in [1.82, 2.24) is 0 Å². The fraction of sp³-hybridized carbons (Fsp3) is 0.450. The molecular weight excluding hydrogens is 352 g/mol. The van der Waals surface area contributed by atoms with Crippen molar-refractivity contribution in [3.05, 3.63) is 47.1 Å². The highest BCUT2D eigenvalue weighted by atomic mass is 16.6. The second-order valence-electron chi connectivity index (χ2n) is 6.55. The van der Waals surface area contributed by atoms with Gasteiger partial charge in [0.05, 0.1) is 12.5 Å². The van der Waals surface area contributed by atoms with Crippen molar-refractivity contribution in [2.75, 3.05) is 6.61 Å². The number of carbonyl (C=O) groups is 3. The van der Waals surface area contributed by atoms with E-state index in [1.54, 1.807) is 26.0 Å². The molecule has 0 aromatic heterocycles. The smallest absolute Gasteiger partial charge is 0.334 e. The van der Waals surface area contributed by atoms with Crippen LogP contribution in [0.2, 0.25) is 0 Å². The van der Waals surface area contributed by atoms with Crippen molar-refractivity contribution in [2.24, 2.45) is 5.92 Å². The minimum Gasteiger partial charge on any atom is -0.455 e. The van der Waals surface area contributed by atoms with Crippen molar-refractivity contribution in [1.29, 1.82) is 0 Å². The van der Waals surface area contributed by atoms with E-state index in [4.69, 9.17) is 9.47 Å². The van der Waals surface area contributed by atoms with E-state index < -0.39 is 36.2 Å². The van der Waals surface area contributed by atoms with Gasteiger partial charge in [0.15, 0.2) is 0 Å². The Morgan fingerprint density at radius 3 is 2.78 bits per heavy atom. The first-order chi connectivity index (χ1) is 12.8. The summed E-state index contributed by atoms with van der Waals surface area (Å²) in [5.74, 6) is -2.24. The molecule has 2 N–H and O–H groups in total. The van der Waals surface area contributed by atoms with Crippen LogP contribution in [0.4, 0.5) is 0 Å². The van der Waals surface area contributed by atoms with Gasteiger partial charge < -0.3 is 19.7 Å². The number of aliphatic hydroxyl groups is 2. The molecule has 1 fully saturated rings. The zero-order valence-electron chi connectivity index (χ0n) is 15.4. The molecule has 27 heavy (non-hydrogen) atoms. The van der Waals surface area contributed by atoms with E-state index in [2.05, 4.69) is 6.58 Å². The number of ether oxygens (including phenoxy) is 2. The minimum atomic E-state index is -1.45. The standard InChI is InChI=1S/C20H24O7/c1-4-11(2)19(24)27-18-16-12(3)20(25)26-15(16)8-13(9-21)6-5-7-14(10-22)17(18)23/h4,7-8,10,15-18,21,23H,3,5-6,9H2,1-2H3. The van der Waals surface area contributed by atoms with Gasteiger partial charge in [0.1, 0.15) is 24.6 Å². The molecular formula is C20H24O7. The average molecular weight is 376 g/mol. The van der Waals surface area contributed by atoms with Crippen LogP contribution in [0.5, 0.6) is 0 Å². The first kappa shape index (κ1) is 20.8. The lowest BCUT2D eigenvalue weighted by Gasteiger charge is -2.30. The molecule has 0 aromatic carbocycles. The number of rotatable bonds is 4. The summed E-state index contributed by atoms with van der Waals surface area (Å²) in [5.41, 5.74) is 1.00. The first-order valence-corrected chi connectivity index (χ1v) is 8.71. The second kappa shape index (κ2) is 8.92. The summed E-state index contributed by atoms with van der Waals surface area (Å²) in [6.07, 6.45) is 2.43. The lowest BCUT2D eigenvalue weighted by Crippen LogP contribution is -2.43. The molecule has 0 spiro atoms. The van der Waals surface area contributed by atoms with E-state index in [0.717, 1.165) is 0 Å². The molecule has 1 saturated heterocycles. The Balaban J connectivity index is 2.54. The van der Waals surface area contributed by atoms with Crippen LogP contribution >= 0.6 is 0 Å². The van der Waals surface area contributed by atoms with Gasteiger partial charge in [-0.25, -0.2) is 9.59 Å². The molecule has 7 nitrogen and oxygen atoms in total. The second-order valence-corrected chi connectivity index (χ2v) is 6.55. The number of carbonyl (C=O) groups excluding carboxylic acids is 3. The fourth-order valence-corrected chi connectivity index (χ4v) is 3.10. The van der Waals surface area contributed by atoms with Gasteiger partial charge >= 0.3 is 11.9 Å². The van der Waals surface area contributed by atoms with Gasteiger partial charge in [0.25, 0.3) is 0 Å². The molecule has 1 aliphatic carbocycles. The highest BCUT2D eigenvalue weighted by molar-refractivity contribution is 5.92. The molecule has 4 atom stereocenters. The fourth-order valence-electron chi connectivity index (χ4n) is 3.10. The molecule has 0 radical (unpaired) electrons. The summed E-state index contributed by atoms with van der Waals surface area (Å²) in [7, 11) is 0. The van der Waals surface area contributed by atoms with E-state index in [1.807, 2.05) is 0 Å². The van der Waals surface area contributed by atoms with Crippen LogP contribution in [-0.2, 0) is 23.9 Å². The van der Waals surface area contributed by atoms with E-state index in [-0.39, 0.29) is 17.8 Å². The summed E-state index contributed by atoms with van der Waals surface area (Å²) >= 11 is 0. The maximum absolute atomic E-state index is 12.3. The SMILES string of the molecule is C=C1C(=O)OC2C=C(CO)CCC=C(C=O)C(O)C(OC(=O)C(C)=CC)C12. The minimum absolute atomic E-state index is 0.0364. The Hall–Kier alpha value is -2.51. The van der Waals surface area contributed by atoms with E-state index in [1.165, 1.54) is 6.08 Å². The Kier molecular flexibility index (Phi) is 6.87. The van der Waals surface area contributed by atoms with Gasteiger partial charge in [0, 0.05) is 16.7 Å². The van der Waals surface area contributed by atoms with Crippen molar-refractivity contribution < 1.29 is 34.1 Å². The third-order valence-electron chi connectivity index (χ3n) is 4.85. The molecule has 0 saturated carbocycles. The van der Waals surface area contributed by atoms with Crippen molar-refractivity contribution >= 4 is 18.2 Å². The molecule has 7 heteroatoms. The Bertz CT molecular complexity index is 729. The van der Waals surface area contributed by atoms with Crippen molar-refractivity contribution in [2.45, 2.75) is 45.0 Å². The average Bonchev–Trinajstić information content (AvgIpc) is 2.94. The summed E-state index contributed by atoms with van der Waals surface area (Å²) in [6.45, 7) is 6.68. The maximum Gasteiger partial charge on any atom is 0.334 e. The zero-order valence-corrected chi connectivity index (χ0v) is 15.4. The lowest BCUT2D eigenvalue weighted by molar-refractivity contribution is -0.153. The summed E-state index contributed by atoms with van der Waals surface area (Å²) in [4.78, 5) is 35.9. The third-order valence-corrected chi connectivity index (χ3v) is 4.85. The van der Waals surface area contributed by atoms with Crippen LogP contribution < -0.4 is 0 Å². The Morgan fingerprint density at radius 2 is 2.19 bits per heavy atom. The van der Waals surface area contributed by atoms with Gasteiger partial charge in [-0.2, -0.15) is 0 Å². The monoisotopic (exact) mass is 376 g/mol. The van der Waals surface area contributed by atoms with Gasteiger partial charge in [-0.1, -0.05) is 18.7 Å². The van der Waals surface area contributed by atoms with Gasteiger partial charge in [-0.05, 0) is 38.3 Å². The third kappa shape index (κ3) is 4.43. The molecule has 0 aromatic rings. The van der Waals surface area contributed by atoms with Crippen LogP contribution in [0.1, 0.15) is 26.7 Å². The largest absolute Gasteiger partial charge is 0.455 e. The van der Waals surface area contributed by atoms with E-state index in [0.29, 0.717) is 30.3 Å². The maximum atomic E-state index is 12.3. The molecule has 1 heterocycles. The summed E-state index contributed by atoms with van der Waals surface area (Å²) in [6, 6.07) is 0. The van der Waals surface area contributed by atoms with Gasteiger partial charge in [-0.15, -0.1) is 0 Å². The lowest BCUT2D eigenvalue weighted by atomic mass is 9.83. The van der Waals surface area contributed by atoms with Gasteiger partial charge in [0.2, 0.25) is 0 Å². The molecule has 0 amide bonds. The Morgan fingerprint density at radius 1 is 1.48 bits per heavy atom. The number of aliphatic hydroxyl groups excluding tert-OH is 2. The molecule has 2 rings (SSSR count). The predicted molar refractivity (Wildman–Crippen MR) is 96.4 cm³/mol. The Labute approximate surface area is 157 Å². The van der Waals surface area contributed by atoms with Crippen LogP contribution in [0.3, 0.4) is 0 Å². The van der Waals surface area contributed by atoms with Crippen LogP contribution in [0.15, 0.2) is 47.1 Å². The van der Waals surface area contributed by atoms with Crippen molar-refractivity contribution in [3.63, 3.8) is 0 Å². The van der Waals surface area contributed by atoms with E-state index in [9.17, 15) is 24.6 Å². The molecule has 146 valence electrons. The first-order valence-electron chi connectivity index (χ1n) is 8.71. The number of esters is 2. The zero-order chi connectivity index (χ0) is 20.1. The topological polar surface area (TPSA) is 110 Å². The van der Waals surface area contributed by atoms with Gasteiger partial charge in [-0.3, -0.25) is 4.79 Å². The highest BCUT2D eigenvalue weighted by Gasteiger charge is 2.48. The number of fused-ring (bicyclic) bond motifs is 1. The van der Waals surface area contributed by atoms with E-state index >= 15 is 0 Å². The quantitative estimate of drug-likeness (QED) is 0.328. The molecule has 1 aliphatic heterocycles. The number of allylic oxidation sites excluding steroid dienone is 2. The van der Waals surface area contributed by atoms with Crippen molar-refractivity contribution in [3.8, 4) is 0 Å². The molecule has 2 aliphatic rings. The predicted octanol–water partition coefficient (Wildman–Crippen LogP) is 1.16. The normalized spacial score (nSPS) is 29.3. The summed E-state index contributed by atoms with van der Waals surface area (Å²) in [5, 5.41) is 20.3. The number of aldehydes is 1. The number of hydrogen-bond acceptors (Lipinski definition) is 7. The summed E-state index contributed by atoms with van der Waals surface area (Å²) < 4.78 is 10.8. The van der Waals surface area contributed by atoms with Crippen LogP contribution in [0, 0.1) is 5.92 Å². The number of hydrogen-bond donors (Lipinski definition) is 2.